The summed E-state index contributed by atoms with van der Waals surface area (Å²) in [5.41, 5.74) is -0.857. The van der Waals surface area contributed by atoms with Crippen LogP contribution >= 0.6 is 0 Å². The lowest BCUT2D eigenvalue weighted by molar-refractivity contribution is -0.146. The van der Waals surface area contributed by atoms with E-state index in [0.29, 0.717) is 19.6 Å². The number of nitrogens with zero attached hydrogens (tertiary/aromatic N) is 5. The van der Waals surface area contributed by atoms with Crippen molar-refractivity contribution in [3.63, 3.8) is 0 Å². The molecule has 0 aromatic carbocycles. The number of carbonyl (C=O) groups excluding carboxylic acids is 2. The van der Waals surface area contributed by atoms with Gasteiger partial charge in [-0.2, -0.15) is 0 Å². The topological polar surface area (TPSA) is 91.6 Å². The average molecular weight is 359 g/mol. The molecule has 1 aromatic rings. The normalized spacial score (nSPS) is 30.8. The maximum atomic E-state index is 13.2. The molecule has 2 aliphatic carbocycles. The van der Waals surface area contributed by atoms with Crippen molar-refractivity contribution in [3.8, 4) is 0 Å². The Morgan fingerprint density at radius 1 is 1.15 bits per heavy atom. The number of aromatic nitrogens is 3. The lowest BCUT2D eigenvalue weighted by Crippen LogP contribution is -2.53. The van der Waals surface area contributed by atoms with Gasteiger partial charge < -0.3 is 14.9 Å². The minimum absolute atomic E-state index is 0.0990. The number of aliphatic hydroxyl groups is 1. The van der Waals surface area contributed by atoms with Gasteiger partial charge in [-0.05, 0) is 50.9 Å². The summed E-state index contributed by atoms with van der Waals surface area (Å²) in [7, 11) is 0. The SMILES string of the molecule is O=C(C(O)C1CC1)N1CCCC12CCN(C(=O)C1(n3ccnn3)CC1)C2. The smallest absolute Gasteiger partial charge is 0.252 e. The summed E-state index contributed by atoms with van der Waals surface area (Å²) in [6.07, 6.45) is 8.63. The van der Waals surface area contributed by atoms with Crippen LogP contribution in [0.5, 0.6) is 0 Å². The first-order valence-electron chi connectivity index (χ1n) is 9.72. The molecule has 1 spiro atoms. The molecule has 0 radical (unpaired) electrons. The van der Waals surface area contributed by atoms with Crippen molar-refractivity contribution >= 4 is 11.8 Å². The summed E-state index contributed by atoms with van der Waals surface area (Å²) in [4.78, 5) is 29.8. The Morgan fingerprint density at radius 3 is 2.62 bits per heavy atom. The van der Waals surface area contributed by atoms with Crippen LogP contribution in [0, 0.1) is 5.92 Å². The van der Waals surface area contributed by atoms with Gasteiger partial charge in [-0.3, -0.25) is 9.59 Å². The largest absolute Gasteiger partial charge is 0.383 e. The van der Waals surface area contributed by atoms with E-state index in [0.717, 1.165) is 44.9 Å². The van der Waals surface area contributed by atoms with Gasteiger partial charge in [0.1, 0.15) is 11.6 Å². The van der Waals surface area contributed by atoms with Gasteiger partial charge in [0.2, 0.25) is 0 Å². The first-order chi connectivity index (χ1) is 12.6. The number of rotatable bonds is 4. The zero-order chi connectivity index (χ0) is 17.9. The van der Waals surface area contributed by atoms with Gasteiger partial charge in [-0.1, -0.05) is 5.21 Å². The van der Waals surface area contributed by atoms with Gasteiger partial charge in [-0.25, -0.2) is 4.68 Å². The van der Waals surface area contributed by atoms with E-state index in [1.807, 2.05) is 9.80 Å². The highest BCUT2D eigenvalue weighted by atomic mass is 16.3. The number of amides is 2. The fourth-order valence-electron chi connectivity index (χ4n) is 4.90. The van der Waals surface area contributed by atoms with Gasteiger partial charge in [-0.15, -0.1) is 5.10 Å². The van der Waals surface area contributed by atoms with Crippen molar-refractivity contribution in [2.24, 2.45) is 5.92 Å². The molecule has 2 unspecified atom stereocenters. The van der Waals surface area contributed by atoms with Gasteiger partial charge in [0.15, 0.2) is 0 Å². The summed E-state index contributed by atoms with van der Waals surface area (Å²) in [5, 5.41) is 18.2. The second kappa shape index (κ2) is 5.52. The highest BCUT2D eigenvalue weighted by Crippen LogP contribution is 2.47. The third-order valence-electron chi connectivity index (χ3n) is 6.79. The van der Waals surface area contributed by atoms with E-state index < -0.39 is 11.6 Å². The van der Waals surface area contributed by atoms with E-state index in [-0.39, 0.29) is 23.3 Å². The number of aliphatic hydroxyl groups excluding tert-OH is 1. The Labute approximate surface area is 152 Å². The van der Waals surface area contributed by atoms with Crippen molar-refractivity contribution in [1.82, 2.24) is 24.8 Å². The maximum absolute atomic E-state index is 13.2. The molecular formula is C18H25N5O3. The van der Waals surface area contributed by atoms with Crippen molar-refractivity contribution in [2.75, 3.05) is 19.6 Å². The number of likely N-dealkylation sites (tertiary alicyclic amines) is 2. The van der Waals surface area contributed by atoms with E-state index in [2.05, 4.69) is 10.3 Å². The number of hydrogen-bond donors (Lipinski definition) is 1. The molecule has 2 saturated carbocycles. The molecule has 5 rings (SSSR count). The standard InChI is InChI=1S/C18H25N5O3/c24-14(13-2-3-13)15(25)22-9-1-4-17(22)7-10-21(12-17)16(26)18(5-6-18)23-11-8-19-20-23/h8,11,13-14,24H,1-7,9-10,12H2. The van der Waals surface area contributed by atoms with Crippen molar-refractivity contribution in [3.05, 3.63) is 12.4 Å². The first-order valence-corrected chi connectivity index (χ1v) is 9.72. The second-order valence-corrected chi connectivity index (χ2v) is 8.46. The van der Waals surface area contributed by atoms with Crippen LogP contribution in [0.3, 0.4) is 0 Å². The van der Waals surface area contributed by atoms with Crippen LogP contribution in [0.4, 0.5) is 0 Å². The Morgan fingerprint density at radius 2 is 1.96 bits per heavy atom. The second-order valence-electron chi connectivity index (χ2n) is 8.46. The van der Waals surface area contributed by atoms with E-state index in [4.69, 9.17) is 0 Å². The Kier molecular flexibility index (Phi) is 3.44. The van der Waals surface area contributed by atoms with Crippen LogP contribution in [-0.4, -0.2) is 73.0 Å². The van der Waals surface area contributed by atoms with Crippen LogP contribution < -0.4 is 0 Å². The Hall–Kier alpha value is -1.96. The molecule has 4 fully saturated rings. The molecule has 140 valence electrons. The molecule has 26 heavy (non-hydrogen) atoms. The Bertz CT molecular complexity index is 727. The zero-order valence-electron chi connectivity index (χ0n) is 14.9. The molecule has 0 bridgehead atoms. The maximum Gasteiger partial charge on any atom is 0.252 e. The molecule has 8 nitrogen and oxygen atoms in total. The molecule has 2 atom stereocenters. The zero-order valence-corrected chi connectivity index (χ0v) is 14.9. The van der Waals surface area contributed by atoms with E-state index >= 15 is 0 Å². The molecule has 3 heterocycles. The van der Waals surface area contributed by atoms with Crippen LogP contribution in [-0.2, 0) is 15.1 Å². The van der Waals surface area contributed by atoms with Crippen LogP contribution in [0.1, 0.15) is 44.9 Å². The Balaban J connectivity index is 1.33. The molecule has 2 aliphatic heterocycles. The van der Waals surface area contributed by atoms with Crippen molar-refractivity contribution in [1.29, 1.82) is 0 Å². The molecule has 4 aliphatic rings. The lowest BCUT2D eigenvalue weighted by atomic mass is 9.94. The number of hydrogen-bond acceptors (Lipinski definition) is 5. The third kappa shape index (κ3) is 2.31. The molecular weight excluding hydrogens is 334 g/mol. The molecule has 8 heteroatoms. The summed E-state index contributed by atoms with van der Waals surface area (Å²) in [6.45, 7) is 1.93. The first kappa shape index (κ1) is 16.2. The van der Waals surface area contributed by atoms with Crippen LogP contribution in [0.25, 0.3) is 0 Å². The molecule has 1 aromatic heterocycles. The van der Waals surface area contributed by atoms with Gasteiger partial charge in [0.25, 0.3) is 11.8 Å². The van der Waals surface area contributed by atoms with Crippen molar-refractivity contribution < 1.29 is 14.7 Å². The summed E-state index contributed by atoms with van der Waals surface area (Å²) >= 11 is 0. The van der Waals surface area contributed by atoms with Crippen molar-refractivity contribution in [2.45, 2.75) is 62.1 Å². The fraction of sp³-hybridized carbons (Fsp3) is 0.778. The number of carbonyl (C=O) groups is 2. The third-order valence-corrected chi connectivity index (χ3v) is 6.79. The molecule has 1 N–H and O–H groups in total. The molecule has 2 amide bonds. The minimum Gasteiger partial charge on any atom is -0.383 e. The van der Waals surface area contributed by atoms with Gasteiger partial charge >= 0.3 is 0 Å². The predicted molar refractivity (Wildman–Crippen MR) is 90.8 cm³/mol. The fourth-order valence-corrected chi connectivity index (χ4v) is 4.90. The lowest BCUT2D eigenvalue weighted by Gasteiger charge is -2.36. The minimum atomic E-state index is -0.861. The summed E-state index contributed by atoms with van der Waals surface area (Å²) in [5.74, 6) is 0.111. The summed E-state index contributed by atoms with van der Waals surface area (Å²) in [6, 6.07) is 0. The van der Waals surface area contributed by atoms with E-state index in [1.54, 1.807) is 17.1 Å². The highest BCUT2D eigenvalue weighted by molar-refractivity contribution is 5.88. The molecule has 2 saturated heterocycles. The van der Waals surface area contributed by atoms with Crippen LogP contribution in [0.2, 0.25) is 0 Å². The quantitative estimate of drug-likeness (QED) is 0.825. The van der Waals surface area contributed by atoms with Gasteiger partial charge in [0.05, 0.1) is 11.7 Å². The van der Waals surface area contributed by atoms with Crippen LogP contribution in [0.15, 0.2) is 12.4 Å². The average Bonchev–Trinajstić information content (AvgIpc) is 3.52. The van der Waals surface area contributed by atoms with E-state index in [9.17, 15) is 14.7 Å². The highest BCUT2D eigenvalue weighted by Gasteiger charge is 2.58. The monoisotopic (exact) mass is 359 g/mol. The summed E-state index contributed by atoms with van der Waals surface area (Å²) < 4.78 is 1.69. The van der Waals surface area contributed by atoms with E-state index in [1.165, 1.54) is 0 Å². The van der Waals surface area contributed by atoms with Gasteiger partial charge in [0, 0.05) is 25.8 Å². The predicted octanol–water partition coefficient (Wildman–Crippen LogP) is 0.132.